The number of hydrogen-bond acceptors (Lipinski definition) is 7. The number of hydrogen-bond donors (Lipinski definition) is 1. The van der Waals surface area contributed by atoms with Crippen molar-refractivity contribution in [3.63, 3.8) is 0 Å². The van der Waals surface area contributed by atoms with Crippen molar-refractivity contribution < 1.29 is 23.7 Å². The van der Waals surface area contributed by atoms with E-state index in [4.69, 9.17) is 18.9 Å². The molecule has 1 N–H and O–H groups in total. The first-order valence-corrected chi connectivity index (χ1v) is 10.6. The van der Waals surface area contributed by atoms with Crippen LogP contribution in [-0.2, 0) is 17.8 Å². The Morgan fingerprint density at radius 1 is 1.00 bits per heavy atom. The Balaban J connectivity index is 1.60. The lowest BCUT2D eigenvalue weighted by molar-refractivity contribution is -0.122. The van der Waals surface area contributed by atoms with Crippen LogP contribution in [0.3, 0.4) is 0 Å². The molecular formula is C24H27N3O6. The minimum absolute atomic E-state index is 0.138. The standard InChI is InChI=1S/C24H27N3O6/c1-13-25-18-11-22(33-5)21(32-4)10-16(18)24(29)27(13)12-23(28)26-17-7-6-14-8-19(30-2)20(31-3)9-15(14)17/h8-11,17H,6-7,12H2,1-5H3,(H,26,28)/t17-/m0/s1. The highest BCUT2D eigenvalue weighted by atomic mass is 16.5. The Hall–Kier alpha value is -3.75. The summed E-state index contributed by atoms with van der Waals surface area (Å²) in [6.45, 7) is 1.56. The van der Waals surface area contributed by atoms with E-state index in [0.717, 1.165) is 24.0 Å². The van der Waals surface area contributed by atoms with Gasteiger partial charge in [-0.2, -0.15) is 0 Å². The fourth-order valence-electron chi connectivity index (χ4n) is 4.31. The topological polar surface area (TPSA) is 101 Å². The number of carbonyl (C=O) groups is 1. The van der Waals surface area contributed by atoms with Crippen LogP contribution < -0.4 is 29.8 Å². The van der Waals surface area contributed by atoms with E-state index in [1.807, 2.05) is 12.1 Å². The molecule has 4 rings (SSSR count). The Morgan fingerprint density at radius 3 is 2.27 bits per heavy atom. The number of aryl methyl sites for hydroxylation is 2. The molecule has 1 aliphatic carbocycles. The van der Waals surface area contributed by atoms with Gasteiger partial charge in [0.05, 0.1) is 45.4 Å². The highest BCUT2D eigenvalue weighted by Crippen LogP contribution is 2.39. The van der Waals surface area contributed by atoms with Gasteiger partial charge in [0.1, 0.15) is 12.4 Å². The average Bonchev–Trinajstić information content (AvgIpc) is 3.21. The van der Waals surface area contributed by atoms with E-state index in [1.54, 1.807) is 33.3 Å². The van der Waals surface area contributed by atoms with Gasteiger partial charge < -0.3 is 24.3 Å². The molecule has 0 radical (unpaired) electrons. The van der Waals surface area contributed by atoms with Gasteiger partial charge in [-0.1, -0.05) is 0 Å². The molecule has 2 aromatic carbocycles. The van der Waals surface area contributed by atoms with Crippen molar-refractivity contribution in [3.8, 4) is 23.0 Å². The summed E-state index contributed by atoms with van der Waals surface area (Å²) in [5.41, 5.74) is 2.28. The predicted molar refractivity (Wildman–Crippen MR) is 123 cm³/mol. The molecule has 1 aromatic heterocycles. The highest BCUT2D eigenvalue weighted by molar-refractivity contribution is 5.83. The lowest BCUT2D eigenvalue weighted by atomic mass is 10.1. The van der Waals surface area contributed by atoms with Crippen LogP contribution in [0.25, 0.3) is 10.9 Å². The van der Waals surface area contributed by atoms with Gasteiger partial charge in [-0.05, 0) is 49.1 Å². The summed E-state index contributed by atoms with van der Waals surface area (Å²) in [4.78, 5) is 30.6. The Bertz CT molecular complexity index is 1280. The van der Waals surface area contributed by atoms with Gasteiger partial charge in [0.25, 0.3) is 5.56 Å². The summed E-state index contributed by atoms with van der Waals surface area (Å²) in [6, 6.07) is 6.93. The number of carbonyl (C=O) groups excluding carboxylic acids is 1. The summed E-state index contributed by atoms with van der Waals surface area (Å²) in [7, 11) is 6.21. The molecule has 33 heavy (non-hydrogen) atoms. The lowest BCUT2D eigenvalue weighted by Crippen LogP contribution is -2.35. The van der Waals surface area contributed by atoms with Crippen LogP contribution in [0.5, 0.6) is 23.0 Å². The molecule has 0 bridgehead atoms. The van der Waals surface area contributed by atoms with E-state index >= 15 is 0 Å². The molecule has 1 atom stereocenters. The molecule has 0 saturated carbocycles. The summed E-state index contributed by atoms with van der Waals surface area (Å²) in [5, 5.41) is 3.40. The molecule has 0 saturated heterocycles. The maximum absolute atomic E-state index is 13.2. The maximum Gasteiger partial charge on any atom is 0.262 e. The van der Waals surface area contributed by atoms with E-state index in [-0.39, 0.29) is 24.1 Å². The summed E-state index contributed by atoms with van der Waals surface area (Å²) < 4.78 is 22.8. The first-order chi connectivity index (χ1) is 15.9. The average molecular weight is 453 g/mol. The lowest BCUT2D eigenvalue weighted by Gasteiger charge is -2.17. The van der Waals surface area contributed by atoms with E-state index in [1.165, 1.54) is 18.8 Å². The molecule has 3 aromatic rings. The van der Waals surface area contributed by atoms with Crippen molar-refractivity contribution >= 4 is 16.8 Å². The highest BCUT2D eigenvalue weighted by Gasteiger charge is 2.27. The van der Waals surface area contributed by atoms with Crippen LogP contribution in [0.2, 0.25) is 0 Å². The number of nitrogens with zero attached hydrogens (tertiary/aromatic N) is 2. The first kappa shape index (κ1) is 22.4. The molecule has 9 nitrogen and oxygen atoms in total. The van der Waals surface area contributed by atoms with Crippen LogP contribution in [0.15, 0.2) is 29.1 Å². The van der Waals surface area contributed by atoms with Crippen LogP contribution in [0.4, 0.5) is 0 Å². The smallest absolute Gasteiger partial charge is 0.262 e. The van der Waals surface area contributed by atoms with Gasteiger partial charge in [-0.15, -0.1) is 0 Å². The number of amides is 1. The zero-order valence-electron chi connectivity index (χ0n) is 19.4. The second-order valence-electron chi connectivity index (χ2n) is 7.84. The number of methoxy groups -OCH3 is 4. The van der Waals surface area contributed by atoms with Crippen molar-refractivity contribution in [3.05, 3.63) is 51.6 Å². The van der Waals surface area contributed by atoms with Gasteiger partial charge in [-0.3, -0.25) is 14.2 Å². The fraction of sp³-hybridized carbons (Fsp3) is 0.375. The molecular weight excluding hydrogens is 426 g/mol. The summed E-state index contributed by atoms with van der Waals surface area (Å²) >= 11 is 0. The Morgan fingerprint density at radius 2 is 1.61 bits per heavy atom. The Labute approximate surface area is 191 Å². The molecule has 1 amide bonds. The third-order valence-corrected chi connectivity index (χ3v) is 6.01. The first-order valence-electron chi connectivity index (χ1n) is 10.6. The molecule has 0 fully saturated rings. The predicted octanol–water partition coefficient (Wildman–Crippen LogP) is 2.54. The zero-order chi connectivity index (χ0) is 23.7. The SMILES string of the molecule is COc1cc2c(cc1OC)[C@@H](NC(=O)Cn1c(C)nc3cc(OC)c(OC)cc3c1=O)CC2. The van der Waals surface area contributed by atoms with Crippen LogP contribution >= 0.6 is 0 Å². The van der Waals surface area contributed by atoms with Crippen molar-refractivity contribution in [1.29, 1.82) is 0 Å². The molecule has 1 heterocycles. The van der Waals surface area contributed by atoms with E-state index < -0.39 is 0 Å². The van der Waals surface area contributed by atoms with E-state index in [2.05, 4.69) is 10.3 Å². The van der Waals surface area contributed by atoms with E-state index in [9.17, 15) is 9.59 Å². The second kappa shape index (κ2) is 9.01. The number of aromatic nitrogens is 2. The van der Waals surface area contributed by atoms with Gasteiger partial charge in [0.2, 0.25) is 5.91 Å². The van der Waals surface area contributed by atoms with Crippen LogP contribution in [-0.4, -0.2) is 43.9 Å². The van der Waals surface area contributed by atoms with Gasteiger partial charge >= 0.3 is 0 Å². The fourth-order valence-corrected chi connectivity index (χ4v) is 4.31. The number of ether oxygens (including phenoxy) is 4. The Kier molecular flexibility index (Phi) is 6.13. The van der Waals surface area contributed by atoms with Crippen molar-refractivity contribution in [2.75, 3.05) is 28.4 Å². The minimum Gasteiger partial charge on any atom is -0.493 e. The molecule has 0 spiro atoms. The number of nitrogens with one attached hydrogen (secondary N) is 1. The largest absolute Gasteiger partial charge is 0.493 e. The molecule has 0 unspecified atom stereocenters. The zero-order valence-corrected chi connectivity index (χ0v) is 19.4. The summed E-state index contributed by atoms with van der Waals surface area (Å²) in [6.07, 6.45) is 1.58. The second-order valence-corrected chi connectivity index (χ2v) is 7.84. The molecule has 0 aliphatic heterocycles. The maximum atomic E-state index is 13.2. The monoisotopic (exact) mass is 453 g/mol. The number of rotatable bonds is 7. The van der Waals surface area contributed by atoms with Gasteiger partial charge in [0, 0.05) is 6.07 Å². The number of fused-ring (bicyclic) bond motifs is 2. The van der Waals surface area contributed by atoms with Gasteiger partial charge in [-0.25, -0.2) is 4.98 Å². The molecule has 9 heteroatoms. The minimum atomic E-state index is -0.313. The molecule has 174 valence electrons. The quantitative estimate of drug-likeness (QED) is 0.587. The van der Waals surface area contributed by atoms with Gasteiger partial charge in [0.15, 0.2) is 23.0 Å². The number of benzene rings is 2. The van der Waals surface area contributed by atoms with Crippen molar-refractivity contribution in [2.45, 2.75) is 32.4 Å². The molecule has 1 aliphatic rings. The third kappa shape index (κ3) is 4.06. The van der Waals surface area contributed by atoms with Crippen molar-refractivity contribution in [1.82, 2.24) is 14.9 Å². The van der Waals surface area contributed by atoms with Crippen LogP contribution in [0, 0.1) is 6.92 Å². The van der Waals surface area contributed by atoms with E-state index in [0.29, 0.717) is 39.7 Å². The van der Waals surface area contributed by atoms with Crippen LogP contribution in [0.1, 0.15) is 29.4 Å². The van der Waals surface area contributed by atoms with Crippen molar-refractivity contribution in [2.24, 2.45) is 0 Å². The third-order valence-electron chi connectivity index (χ3n) is 6.01. The summed E-state index contributed by atoms with van der Waals surface area (Å²) in [5.74, 6) is 2.37. The normalized spacial score (nSPS) is 14.6.